The molecular weight excluding hydrogens is 458 g/mol. The van der Waals surface area contributed by atoms with E-state index in [9.17, 15) is 17.6 Å². The maximum atomic E-state index is 14.7. The molecule has 1 saturated carbocycles. The van der Waals surface area contributed by atoms with Crippen molar-refractivity contribution in [2.24, 2.45) is 11.8 Å². The Morgan fingerprint density at radius 2 is 1.86 bits per heavy atom. The van der Waals surface area contributed by atoms with Gasteiger partial charge in [-0.3, -0.25) is 0 Å². The van der Waals surface area contributed by atoms with Gasteiger partial charge in [0.25, 0.3) is 6.43 Å². The quantitative estimate of drug-likeness (QED) is 0.292. The summed E-state index contributed by atoms with van der Waals surface area (Å²) in [5.74, 6) is 0.687. The van der Waals surface area contributed by atoms with Crippen LogP contribution in [0.5, 0.6) is 11.6 Å². The molecule has 0 spiro atoms. The Morgan fingerprint density at radius 3 is 2.60 bits per heavy atom. The van der Waals surface area contributed by atoms with Gasteiger partial charge >= 0.3 is 0 Å². The molecule has 1 aromatic heterocycles. The summed E-state index contributed by atoms with van der Waals surface area (Å²) < 4.78 is 68.0. The minimum atomic E-state index is -2.93. The zero-order chi connectivity index (χ0) is 24.7. The lowest BCUT2D eigenvalue weighted by Crippen LogP contribution is -2.04. The van der Waals surface area contributed by atoms with E-state index in [-0.39, 0.29) is 29.0 Å². The van der Waals surface area contributed by atoms with Crippen molar-refractivity contribution in [2.75, 3.05) is 6.61 Å². The molecule has 5 rings (SSSR count). The first kappa shape index (κ1) is 23.6. The first-order valence-corrected chi connectivity index (χ1v) is 11.9. The molecule has 0 bridgehead atoms. The summed E-state index contributed by atoms with van der Waals surface area (Å²) in [6, 6.07) is 8.04. The van der Waals surface area contributed by atoms with E-state index in [4.69, 9.17) is 9.47 Å². The van der Waals surface area contributed by atoms with Crippen LogP contribution in [0.25, 0.3) is 11.1 Å². The largest absolute Gasteiger partial charge is 0.491 e. The van der Waals surface area contributed by atoms with E-state index in [1.165, 1.54) is 35.7 Å². The Morgan fingerprint density at radius 1 is 1.03 bits per heavy atom. The molecule has 3 nitrogen and oxygen atoms in total. The maximum absolute atomic E-state index is 14.7. The van der Waals surface area contributed by atoms with Crippen LogP contribution in [0, 0.1) is 23.5 Å². The van der Waals surface area contributed by atoms with Gasteiger partial charge in [0, 0.05) is 23.4 Å². The fourth-order valence-electron chi connectivity index (χ4n) is 4.73. The molecule has 0 saturated heterocycles. The van der Waals surface area contributed by atoms with Crippen molar-refractivity contribution < 1.29 is 27.0 Å². The molecule has 1 heterocycles. The maximum Gasteiger partial charge on any atom is 0.264 e. The number of aromatic nitrogens is 1. The second-order valence-electron chi connectivity index (χ2n) is 9.82. The number of rotatable bonds is 9. The van der Waals surface area contributed by atoms with Gasteiger partial charge in [-0.15, -0.1) is 0 Å². The van der Waals surface area contributed by atoms with Crippen LogP contribution in [0.4, 0.5) is 17.6 Å². The van der Waals surface area contributed by atoms with E-state index in [2.05, 4.69) is 4.98 Å². The summed E-state index contributed by atoms with van der Waals surface area (Å²) in [4.78, 5) is 4.33. The van der Waals surface area contributed by atoms with E-state index >= 15 is 0 Å². The second-order valence-corrected chi connectivity index (χ2v) is 9.82. The summed E-state index contributed by atoms with van der Waals surface area (Å²) >= 11 is 0. The van der Waals surface area contributed by atoms with Gasteiger partial charge in [0.15, 0.2) is 11.6 Å². The Kier molecular flexibility index (Phi) is 6.43. The Hall–Kier alpha value is -3.09. The van der Waals surface area contributed by atoms with Crippen LogP contribution >= 0.6 is 0 Å². The Bertz CT molecular complexity index is 1240. The van der Waals surface area contributed by atoms with Crippen LogP contribution in [-0.2, 0) is 13.0 Å². The van der Waals surface area contributed by atoms with E-state index in [0.717, 1.165) is 25.0 Å². The molecule has 1 fully saturated rings. The average Bonchev–Trinajstić information content (AvgIpc) is 3.49. The van der Waals surface area contributed by atoms with Crippen LogP contribution in [0.3, 0.4) is 0 Å². The fourth-order valence-corrected chi connectivity index (χ4v) is 4.73. The Labute approximate surface area is 202 Å². The van der Waals surface area contributed by atoms with Gasteiger partial charge in [-0.25, -0.2) is 22.5 Å². The lowest BCUT2D eigenvalue weighted by atomic mass is 9.96. The number of hydrogen-bond donors (Lipinski definition) is 0. The van der Waals surface area contributed by atoms with Gasteiger partial charge in [0.2, 0.25) is 5.88 Å². The van der Waals surface area contributed by atoms with Crippen LogP contribution < -0.4 is 9.47 Å². The molecule has 2 aromatic carbocycles. The zero-order valence-corrected chi connectivity index (χ0v) is 19.7. The number of halogens is 4. The minimum Gasteiger partial charge on any atom is -0.491 e. The summed E-state index contributed by atoms with van der Waals surface area (Å²) in [6.07, 6.45) is 1.87. The highest BCUT2D eigenvalue weighted by atomic mass is 19.3. The summed E-state index contributed by atoms with van der Waals surface area (Å²) in [6.45, 7) is 4.24. The highest BCUT2D eigenvalue weighted by Crippen LogP contribution is 2.56. The summed E-state index contributed by atoms with van der Waals surface area (Å²) in [5.41, 5.74) is 2.31. The molecule has 2 unspecified atom stereocenters. The summed E-state index contributed by atoms with van der Waals surface area (Å²) in [7, 11) is 0. The highest BCUT2D eigenvalue weighted by Gasteiger charge is 2.45. The third-order valence-electron chi connectivity index (χ3n) is 6.83. The first-order chi connectivity index (χ1) is 16.8. The average molecular weight is 486 g/mol. The number of fused-ring (bicyclic) bond motifs is 3. The number of pyridine rings is 1. The monoisotopic (exact) mass is 485 g/mol. The number of hydrogen-bond acceptors (Lipinski definition) is 3. The third kappa shape index (κ3) is 5.00. The number of ether oxygens (including phenoxy) is 2. The van der Waals surface area contributed by atoms with Crippen molar-refractivity contribution in [1.82, 2.24) is 4.98 Å². The smallest absolute Gasteiger partial charge is 0.264 e. The number of nitrogens with zero attached hydrogens (tertiary/aromatic N) is 1. The Balaban J connectivity index is 1.37. The molecule has 2 aliphatic rings. The van der Waals surface area contributed by atoms with Gasteiger partial charge in [-0.05, 0) is 83.5 Å². The van der Waals surface area contributed by atoms with Crippen molar-refractivity contribution in [2.45, 2.75) is 52.1 Å². The van der Waals surface area contributed by atoms with Crippen molar-refractivity contribution >= 4 is 0 Å². The molecule has 7 heteroatoms. The minimum absolute atomic E-state index is 0.0506. The van der Waals surface area contributed by atoms with E-state index < -0.39 is 23.6 Å². The van der Waals surface area contributed by atoms with E-state index in [1.807, 2.05) is 26.1 Å². The van der Waals surface area contributed by atoms with Crippen LogP contribution in [0.1, 0.15) is 61.3 Å². The van der Waals surface area contributed by atoms with Crippen LogP contribution in [-0.4, -0.2) is 11.6 Å². The van der Waals surface area contributed by atoms with E-state index in [0.29, 0.717) is 30.2 Å². The molecule has 35 heavy (non-hydrogen) atoms. The zero-order valence-electron chi connectivity index (χ0n) is 19.7. The molecule has 0 aliphatic heterocycles. The van der Waals surface area contributed by atoms with E-state index in [1.54, 1.807) is 0 Å². The normalized spacial score (nSPS) is 18.1. The van der Waals surface area contributed by atoms with Gasteiger partial charge < -0.3 is 9.47 Å². The van der Waals surface area contributed by atoms with Gasteiger partial charge in [0.1, 0.15) is 12.4 Å². The standard InChI is InChI=1S/C28H27F4NO2/c1-15(2)5-6-34-26-4-3-16(10-25(26)30)20-9-19(24(29)12-22(20)28(31)32)14-35-27-11-18-7-17-8-21(17)23(18)13-33-27/h3-4,9-13,15,17,21,28H,5-8,14H2,1-2H3. The van der Waals surface area contributed by atoms with Crippen molar-refractivity contribution in [3.05, 3.63) is 76.5 Å². The topological polar surface area (TPSA) is 31.4 Å². The molecule has 0 N–H and O–H groups in total. The molecule has 2 atom stereocenters. The lowest BCUT2D eigenvalue weighted by Gasteiger charge is -2.15. The third-order valence-corrected chi connectivity index (χ3v) is 6.83. The number of benzene rings is 2. The van der Waals surface area contributed by atoms with Crippen molar-refractivity contribution in [3.63, 3.8) is 0 Å². The molecule has 3 aromatic rings. The predicted molar refractivity (Wildman–Crippen MR) is 125 cm³/mol. The van der Waals surface area contributed by atoms with Crippen molar-refractivity contribution in [1.29, 1.82) is 0 Å². The second kappa shape index (κ2) is 9.51. The molecule has 184 valence electrons. The predicted octanol–water partition coefficient (Wildman–Crippen LogP) is 7.63. The first-order valence-electron chi connectivity index (χ1n) is 11.9. The fraction of sp³-hybridized carbons (Fsp3) is 0.393. The van der Waals surface area contributed by atoms with Crippen LogP contribution in [0.2, 0.25) is 0 Å². The van der Waals surface area contributed by atoms with Gasteiger partial charge in [0.05, 0.1) is 6.61 Å². The lowest BCUT2D eigenvalue weighted by molar-refractivity contribution is 0.151. The SMILES string of the molecule is CC(C)CCOc1ccc(-c2cc(COc3cc4c(cn3)C3CC3C4)c(F)cc2C(F)F)cc1F. The number of alkyl halides is 2. The molecular formula is C28H27F4NO2. The van der Waals surface area contributed by atoms with Crippen molar-refractivity contribution in [3.8, 4) is 22.8 Å². The molecule has 2 aliphatic carbocycles. The highest BCUT2D eigenvalue weighted by molar-refractivity contribution is 5.69. The molecule has 0 radical (unpaired) electrons. The van der Waals surface area contributed by atoms with Crippen LogP contribution in [0.15, 0.2) is 42.6 Å². The summed E-state index contributed by atoms with van der Waals surface area (Å²) in [5, 5.41) is 0. The van der Waals surface area contributed by atoms with Gasteiger partial charge in [-0.2, -0.15) is 0 Å². The van der Waals surface area contributed by atoms with Gasteiger partial charge in [-0.1, -0.05) is 19.9 Å². The molecule has 0 amide bonds.